The van der Waals surface area contributed by atoms with Gasteiger partial charge in [-0.3, -0.25) is 4.79 Å². The summed E-state index contributed by atoms with van der Waals surface area (Å²) in [6, 6.07) is 7.23. The first-order chi connectivity index (χ1) is 10.1. The van der Waals surface area contributed by atoms with E-state index in [1.54, 1.807) is 19.1 Å². The summed E-state index contributed by atoms with van der Waals surface area (Å²) in [5.41, 5.74) is 0.453. The molecule has 1 aliphatic carbocycles. The highest BCUT2D eigenvalue weighted by molar-refractivity contribution is 6.14. The van der Waals surface area contributed by atoms with Crippen molar-refractivity contribution in [1.29, 1.82) is 5.26 Å². The number of nitrogens with zero attached hydrogens (tertiary/aromatic N) is 1. The highest BCUT2D eigenvalue weighted by Gasteiger charge is 2.36. The molecule has 0 radical (unpaired) electrons. The summed E-state index contributed by atoms with van der Waals surface area (Å²) in [5.74, 6) is 2.76. The molecule has 1 fully saturated rings. The highest BCUT2D eigenvalue weighted by Crippen LogP contribution is 2.47. The normalized spacial score (nSPS) is 21.1. The van der Waals surface area contributed by atoms with E-state index in [1.807, 2.05) is 12.1 Å². The van der Waals surface area contributed by atoms with Gasteiger partial charge in [-0.1, -0.05) is 6.92 Å². The van der Waals surface area contributed by atoms with Crippen molar-refractivity contribution in [2.24, 2.45) is 5.92 Å². The van der Waals surface area contributed by atoms with E-state index in [0.717, 1.165) is 12.2 Å². The molecular weight excluding hydrogens is 266 g/mol. The first-order valence-corrected chi connectivity index (χ1v) is 6.90. The molecule has 106 valence electrons. The second-order valence-electron chi connectivity index (χ2n) is 5.45. The summed E-state index contributed by atoms with van der Waals surface area (Å²) < 4.78 is 10.8. The zero-order valence-corrected chi connectivity index (χ0v) is 11.9. The van der Waals surface area contributed by atoms with Crippen molar-refractivity contribution in [2.45, 2.75) is 26.2 Å². The average Bonchev–Trinajstić information content (AvgIpc) is 2.89. The molecule has 21 heavy (non-hydrogen) atoms. The molecule has 2 aromatic heterocycles. The number of allylic oxidation sites excluding steroid dienone is 1. The first kappa shape index (κ1) is 13.4. The van der Waals surface area contributed by atoms with Crippen molar-refractivity contribution < 1.29 is 13.6 Å². The van der Waals surface area contributed by atoms with Crippen molar-refractivity contribution in [2.75, 3.05) is 0 Å². The maximum absolute atomic E-state index is 12.3. The Morgan fingerprint density at radius 2 is 2.19 bits per heavy atom. The number of furan rings is 2. The lowest BCUT2D eigenvalue weighted by Crippen LogP contribution is -2.01. The van der Waals surface area contributed by atoms with Crippen molar-refractivity contribution in [3.05, 3.63) is 52.9 Å². The zero-order chi connectivity index (χ0) is 15.0. The van der Waals surface area contributed by atoms with Gasteiger partial charge in [-0.15, -0.1) is 0 Å². The molecule has 0 spiro atoms. The minimum absolute atomic E-state index is 0.0456. The van der Waals surface area contributed by atoms with Gasteiger partial charge in [0.1, 0.15) is 28.9 Å². The quantitative estimate of drug-likeness (QED) is 0.481. The van der Waals surface area contributed by atoms with Gasteiger partial charge in [0.15, 0.2) is 0 Å². The maximum Gasteiger partial charge on any atom is 0.207 e. The Kier molecular flexibility index (Phi) is 3.26. The molecule has 2 atom stereocenters. The molecule has 1 saturated carbocycles. The SMILES string of the molecule is Cc1occc1C(=O)/C(C#N)=C/c1ccc([C@H]2C[C@H]2C)o1. The lowest BCUT2D eigenvalue weighted by atomic mass is 10.0. The zero-order valence-electron chi connectivity index (χ0n) is 11.9. The van der Waals surface area contributed by atoms with Crippen molar-refractivity contribution in [1.82, 2.24) is 0 Å². The molecule has 0 aliphatic heterocycles. The van der Waals surface area contributed by atoms with Crippen molar-refractivity contribution in [3.63, 3.8) is 0 Å². The molecule has 0 N–H and O–H groups in total. The molecule has 0 amide bonds. The largest absolute Gasteiger partial charge is 0.469 e. The standard InChI is InChI=1S/C17H15NO3/c1-10-7-15(10)16-4-3-13(21-16)8-12(9-18)17(19)14-5-6-20-11(14)2/h3-6,8,10,15H,7H2,1-2H3/b12-8+/t10-,15+/m1/s1. The Bertz CT molecular complexity index is 757. The summed E-state index contributed by atoms with van der Waals surface area (Å²) in [6.45, 7) is 3.87. The molecule has 2 aromatic rings. The fourth-order valence-corrected chi connectivity index (χ4v) is 2.42. The van der Waals surface area contributed by atoms with Crippen LogP contribution < -0.4 is 0 Å². The van der Waals surface area contributed by atoms with Crippen molar-refractivity contribution >= 4 is 11.9 Å². The average molecular weight is 281 g/mol. The Labute approximate surface area is 122 Å². The van der Waals surface area contributed by atoms with Crippen LogP contribution in [0.15, 0.2) is 38.9 Å². The summed E-state index contributed by atoms with van der Waals surface area (Å²) in [7, 11) is 0. The Morgan fingerprint density at radius 1 is 1.43 bits per heavy atom. The second-order valence-corrected chi connectivity index (χ2v) is 5.45. The fourth-order valence-electron chi connectivity index (χ4n) is 2.42. The highest BCUT2D eigenvalue weighted by atomic mass is 16.3. The second kappa shape index (κ2) is 5.10. The third-order valence-corrected chi connectivity index (χ3v) is 3.88. The van der Waals surface area contributed by atoms with Crippen LogP contribution in [-0.2, 0) is 0 Å². The maximum atomic E-state index is 12.3. The number of carbonyl (C=O) groups is 1. The molecule has 2 heterocycles. The molecular formula is C17H15NO3. The lowest BCUT2D eigenvalue weighted by Gasteiger charge is -1.96. The Morgan fingerprint density at radius 3 is 2.76 bits per heavy atom. The molecule has 4 nitrogen and oxygen atoms in total. The Balaban J connectivity index is 1.86. The van der Waals surface area contributed by atoms with E-state index in [0.29, 0.717) is 28.9 Å². The van der Waals surface area contributed by atoms with Crippen molar-refractivity contribution in [3.8, 4) is 6.07 Å². The number of rotatable bonds is 4. The van der Waals surface area contributed by atoms with Crippen LogP contribution >= 0.6 is 0 Å². The van der Waals surface area contributed by atoms with Gasteiger partial charge in [0, 0.05) is 12.0 Å². The van der Waals surface area contributed by atoms with Gasteiger partial charge < -0.3 is 8.83 Å². The molecule has 1 aliphatic rings. The van der Waals surface area contributed by atoms with Crippen LogP contribution in [0.25, 0.3) is 6.08 Å². The van der Waals surface area contributed by atoms with E-state index in [2.05, 4.69) is 6.92 Å². The molecule has 0 bridgehead atoms. The van der Waals surface area contributed by atoms with E-state index in [1.165, 1.54) is 12.3 Å². The molecule has 0 saturated heterocycles. The van der Waals surface area contributed by atoms with E-state index in [4.69, 9.17) is 8.83 Å². The predicted octanol–water partition coefficient (Wildman–Crippen LogP) is 4.09. The Hall–Kier alpha value is -2.54. The summed E-state index contributed by atoms with van der Waals surface area (Å²) in [6.07, 6.45) is 4.07. The number of nitriles is 1. The predicted molar refractivity (Wildman–Crippen MR) is 76.6 cm³/mol. The van der Waals surface area contributed by atoms with Crippen LogP contribution in [0.4, 0.5) is 0 Å². The monoisotopic (exact) mass is 281 g/mol. The summed E-state index contributed by atoms with van der Waals surface area (Å²) >= 11 is 0. The minimum atomic E-state index is -0.346. The lowest BCUT2D eigenvalue weighted by molar-refractivity contribution is 0.103. The van der Waals surface area contributed by atoms with Gasteiger partial charge in [0.25, 0.3) is 0 Å². The topological polar surface area (TPSA) is 67.1 Å². The van der Waals surface area contributed by atoms with Gasteiger partial charge in [-0.05, 0) is 37.5 Å². The fraction of sp³-hybridized carbons (Fsp3) is 0.294. The van der Waals surface area contributed by atoms with Crippen LogP contribution in [0.5, 0.6) is 0 Å². The third kappa shape index (κ3) is 2.55. The molecule has 3 rings (SSSR count). The van der Waals surface area contributed by atoms with E-state index < -0.39 is 0 Å². The molecule has 0 unspecified atom stereocenters. The smallest absolute Gasteiger partial charge is 0.207 e. The van der Waals surface area contributed by atoms with Gasteiger partial charge in [-0.25, -0.2) is 0 Å². The number of hydrogen-bond donors (Lipinski definition) is 0. The van der Waals surface area contributed by atoms with E-state index in [-0.39, 0.29) is 11.4 Å². The van der Waals surface area contributed by atoms with Gasteiger partial charge >= 0.3 is 0 Å². The number of aryl methyl sites for hydroxylation is 1. The first-order valence-electron chi connectivity index (χ1n) is 6.90. The van der Waals surface area contributed by atoms with Crippen LogP contribution in [0.1, 0.15) is 46.9 Å². The number of hydrogen-bond acceptors (Lipinski definition) is 4. The minimum Gasteiger partial charge on any atom is -0.469 e. The van der Waals surface area contributed by atoms with Crippen LogP contribution in [0.3, 0.4) is 0 Å². The summed E-state index contributed by atoms with van der Waals surface area (Å²) in [5, 5.41) is 9.21. The summed E-state index contributed by atoms with van der Waals surface area (Å²) in [4.78, 5) is 12.3. The van der Waals surface area contributed by atoms with Crippen LogP contribution in [-0.4, -0.2) is 5.78 Å². The van der Waals surface area contributed by atoms with E-state index in [9.17, 15) is 10.1 Å². The molecule has 0 aromatic carbocycles. The number of carbonyl (C=O) groups excluding carboxylic acids is 1. The van der Waals surface area contributed by atoms with Gasteiger partial charge in [0.05, 0.1) is 11.8 Å². The van der Waals surface area contributed by atoms with Gasteiger partial charge in [0.2, 0.25) is 5.78 Å². The number of Topliss-reactive ketones (excluding diaryl/α,β-unsaturated/α-hetero) is 1. The van der Waals surface area contributed by atoms with Crippen LogP contribution in [0, 0.1) is 24.2 Å². The number of ketones is 1. The molecule has 4 heteroatoms. The van der Waals surface area contributed by atoms with Crippen LogP contribution in [0.2, 0.25) is 0 Å². The van der Waals surface area contributed by atoms with E-state index >= 15 is 0 Å². The van der Waals surface area contributed by atoms with Gasteiger partial charge in [-0.2, -0.15) is 5.26 Å². The third-order valence-electron chi connectivity index (χ3n) is 3.88.